The summed E-state index contributed by atoms with van der Waals surface area (Å²) in [6.45, 7) is 0. The lowest BCUT2D eigenvalue weighted by Gasteiger charge is -1.99. The third-order valence-electron chi connectivity index (χ3n) is 2.90. The van der Waals surface area contributed by atoms with Crippen LogP contribution >= 0.6 is 45.2 Å². The molecule has 0 saturated carbocycles. The lowest BCUT2D eigenvalue weighted by Crippen LogP contribution is -1.77. The molecule has 0 atom stereocenters. The maximum Gasteiger partial charge on any atom is 0.132 e. The van der Waals surface area contributed by atoms with Crippen molar-refractivity contribution in [2.75, 3.05) is 0 Å². The van der Waals surface area contributed by atoms with Crippen LogP contribution in [0.25, 0.3) is 12.2 Å². The highest BCUT2D eigenvalue weighted by molar-refractivity contribution is 14.1. The Bertz CT molecular complexity index is 718. The van der Waals surface area contributed by atoms with Gasteiger partial charge in [-0.25, -0.2) is 0 Å². The Balaban J connectivity index is 0.000000185. The van der Waals surface area contributed by atoms with Crippen LogP contribution in [0.4, 0.5) is 0 Å². The van der Waals surface area contributed by atoms with E-state index in [2.05, 4.69) is 22.1 Å². The minimum atomic E-state index is 0.124. The molecular weight excluding hydrogens is 530 g/mol. The molecule has 0 radical (unpaired) electrons. The summed E-state index contributed by atoms with van der Waals surface area (Å²) < 4.78 is 1.50. The van der Waals surface area contributed by atoms with Crippen molar-refractivity contribution in [2.24, 2.45) is 0 Å². The molecule has 0 fully saturated rings. The molecule has 2 heterocycles. The van der Waals surface area contributed by atoms with Gasteiger partial charge in [0.05, 0.1) is 7.14 Å². The smallest absolute Gasteiger partial charge is 0.132 e. The van der Waals surface area contributed by atoms with Gasteiger partial charge in [-0.3, -0.25) is 9.97 Å². The van der Waals surface area contributed by atoms with E-state index in [0.717, 1.165) is 18.3 Å². The van der Waals surface area contributed by atoms with Crippen molar-refractivity contribution in [1.82, 2.24) is 9.97 Å². The molecule has 0 spiro atoms. The van der Waals surface area contributed by atoms with Crippen LogP contribution in [0.3, 0.4) is 0 Å². The summed E-state index contributed by atoms with van der Waals surface area (Å²) in [5.41, 5.74) is 2.30. The van der Waals surface area contributed by atoms with Gasteiger partial charge in [0.2, 0.25) is 0 Å². The lowest BCUT2D eigenvalue weighted by molar-refractivity contribution is 0.445. The minimum Gasteiger partial charge on any atom is -0.507 e. The molecule has 3 rings (SSSR count). The number of hydrogen-bond donors (Lipinski definition) is 2. The number of aromatic nitrogens is 2. The largest absolute Gasteiger partial charge is 0.507 e. The molecule has 0 unspecified atom stereocenters. The van der Waals surface area contributed by atoms with Crippen LogP contribution < -0.4 is 0 Å². The van der Waals surface area contributed by atoms with Crippen molar-refractivity contribution in [1.29, 1.82) is 0 Å². The Kier molecular flexibility index (Phi) is 7.44. The van der Waals surface area contributed by atoms with E-state index in [1.807, 2.05) is 69.4 Å². The monoisotopic (exact) mass is 544 g/mol. The van der Waals surface area contributed by atoms with E-state index < -0.39 is 0 Å². The third-order valence-corrected chi connectivity index (χ3v) is 4.62. The van der Waals surface area contributed by atoms with Gasteiger partial charge in [0.15, 0.2) is 0 Å². The Morgan fingerprint density at radius 2 is 1.04 bits per heavy atom. The maximum atomic E-state index is 9.05. The SMILES string of the molecule is C(=C\c1ccncc1)/c1ccncc1.Oc1cc(O)c(I)cc1I. The molecule has 6 heteroatoms. The maximum absolute atomic E-state index is 9.05. The van der Waals surface area contributed by atoms with E-state index in [9.17, 15) is 0 Å². The summed E-state index contributed by atoms with van der Waals surface area (Å²) in [6.07, 6.45) is 11.2. The molecule has 3 aromatic rings. The number of hydrogen-bond acceptors (Lipinski definition) is 4. The van der Waals surface area contributed by atoms with E-state index in [4.69, 9.17) is 10.2 Å². The molecule has 0 bridgehead atoms. The number of benzene rings is 1. The Morgan fingerprint density at radius 1 is 0.667 bits per heavy atom. The zero-order valence-electron chi connectivity index (χ0n) is 12.5. The van der Waals surface area contributed by atoms with Crippen LogP contribution in [0.2, 0.25) is 0 Å². The predicted molar refractivity (Wildman–Crippen MR) is 113 cm³/mol. The molecule has 24 heavy (non-hydrogen) atoms. The van der Waals surface area contributed by atoms with Crippen molar-refractivity contribution in [3.63, 3.8) is 0 Å². The number of halogens is 2. The summed E-state index contributed by atoms with van der Waals surface area (Å²) in [7, 11) is 0. The summed E-state index contributed by atoms with van der Waals surface area (Å²) in [5, 5.41) is 18.1. The van der Waals surface area contributed by atoms with E-state index in [-0.39, 0.29) is 11.5 Å². The number of pyridine rings is 2. The van der Waals surface area contributed by atoms with Crippen molar-refractivity contribution >= 4 is 57.3 Å². The second kappa shape index (κ2) is 9.58. The van der Waals surface area contributed by atoms with Gasteiger partial charge in [-0.2, -0.15) is 0 Å². The average Bonchev–Trinajstić information content (AvgIpc) is 2.61. The van der Waals surface area contributed by atoms with Crippen LogP contribution in [0.15, 0.2) is 61.2 Å². The van der Waals surface area contributed by atoms with Gasteiger partial charge in [0.1, 0.15) is 11.5 Å². The Hall–Kier alpha value is -1.68. The Labute approximate surface area is 167 Å². The van der Waals surface area contributed by atoms with Crippen LogP contribution in [-0.4, -0.2) is 20.2 Å². The summed E-state index contributed by atoms with van der Waals surface area (Å²) >= 11 is 4.00. The number of aromatic hydroxyl groups is 2. The van der Waals surface area contributed by atoms with Crippen LogP contribution in [-0.2, 0) is 0 Å². The summed E-state index contributed by atoms with van der Waals surface area (Å²) in [5.74, 6) is 0.247. The van der Waals surface area contributed by atoms with Gasteiger partial charge in [-0.05, 0) is 86.6 Å². The molecule has 122 valence electrons. The van der Waals surface area contributed by atoms with E-state index in [1.54, 1.807) is 30.9 Å². The quantitative estimate of drug-likeness (QED) is 0.449. The van der Waals surface area contributed by atoms with Crippen LogP contribution in [0.5, 0.6) is 11.5 Å². The first kappa shape index (κ1) is 18.7. The predicted octanol–water partition coefficient (Wildman–Crippen LogP) is 4.95. The van der Waals surface area contributed by atoms with Crippen molar-refractivity contribution in [2.45, 2.75) is 0 Å². The third kappa shape index (κ3) is 6.08. The van der Waals surface area contributed by atoms with Gasteiger partial charge in [0.25, 0.3) is 0 Å². The summed E-state index contributed by atoms with van der Waals surface area (Å²) in [6, 6.07) is 10.9. The van der Waals surface area contributed by atoms with Crippen molar-refractivity contribution in [3.05, 3.63) is 79.5 Å². The molecule has 2 aromatic heterocycles. The van der Waals surface area contributed by atoms with E-state index in [0.29, 0.717) is 0 Å². The topological polar surface area (TPSA) is 66.2 Å². The van der Waals surface area contributed by atoms with Crippen molar-refractivity contribution in [3.8, 4) is 11.5 Å². The van der Waals surface area contributed by atoms with Gasteiger partial charge in [0, 0.05) is 30.9 Å². The molecule has 0 aliphatic carbocycles. The number of rotatable bonds is 2. The van der Waals surface area contributed by atoms with Gasteiger partial charge in [-0.15, -0.1) is 0 Å². The fraction of sp³-hybridized carbons (Fsp3) is 0. The molecule has 0 aliphatic heterocycles. The highest BCUT2D eigenvalue weighted by Crippen LogP contribution is 2.28. The fourth-order valence-electron chi connectivity index (χ4n) is 1.67. The highest BCUT2D eigenvalue weighted by Gasteiger charge is 2.02. The second-order valence-electron chi connectivity index (χ2n) is 4.65. The van der Waals surface area contributed by atoms with E-state index >= 15 is 0 Å². The Morgan fingerprint density at radius 3 is 1.38 bits per heavy atom. The normalized spacial score (nSPS) is 10.2. The highest BCUT2D eigenvalue weighted by atomic mass is 127. The molecule has 1 aromatic carbocycles. The standard InChI is InChI=1S/C12H10N2.C6H4I2O2/c1(11-3-7-13-8-4-11)2-12-5-9-14-10-6-12;7-3-1-4(8)6(10)2-5(3)9/h1-10H;1-2,9-10H/b2-1+;. The first-order chi connectivity index (χ1) is 11.6. The van der Waals surface area contributed by atoms with Crippen molar-refractivity contribution < 1.29 is 10.2 Å². The van der Waals surface area contributed by atoms with E-state index in [1.165, 1.54) is 6.07 Å². The van der Waals surface area contributed by atoms with Gasteiger partial charge in [-0.1, -0.05) is 12.2 Å². The van der Waals surface area contributed by atoms with Gasteiger partial charge < -0.3 is 10.2 Å². The fourth-order valence-corrected chi connectivity index (χ4v) is 3.20. The first-order valence-corrected chi connectivity index (χ1v) is 9.07. The number of phenolic OH excluding ortho intramolecular Hbond substituents is 2. The summed E-state index contributed by atoms with van der Waals surface area (Å²) in [4.78, 5) is 7.91. The zero-order valence-corrected chi connectivity index (χ0v) is 16.8. The van der Waals surface area contributed by atoms with Crippen LogP contribution in [0.1, 0.15) is 11.1 Å². The molecule has 0 amide bonds. The molecule has 0 saturated heterocycles. The molecule has 4 nitrogen and oxygen atoms in total. The molecule has 0 aliphatic rings. The first-order valence-electron chi connectivity index (χ1n) is 6.91. The molecule has 2 N–H and O–H groups in total. The lowest BCUT2D eigenvalue weighted by atomic mass is 10.2. The van der Waals surface area contributed by atoms with Crippen LogP contribution in [0, 0.1) is 7.14 Å². The average molecular weight is 544 g/mol. The second-order valence-corrected chi connectivity index (χ2v) is 6.97. The number of nitrogens with zero attached hydrogens (tertiary/aromatic N) is 2. The zero-order chi connectivity index (χ0) is 17.4. The molecular formula is C18H14I2N2O2. The van der Waals surface area contributed by atoms with Gasteiger partial charge >= 0.3 is 0 Å². The number of phenols is 2. The minimum absolute atomic E-state index is 0.124.